The zero-order valence-electron chi connectivity index (χ0n) is 14.4. The number of benzene rings is 2. The summed E-state index contributed by atoms with van der Waals surface area (Å²) in [5.41, 5.74) is 0.905. The molecule has 0 radical (unpaired) electrons. The molecule has 0 saturated carbocycles. The number of anilines is 1. The molecule has 0 aliphatic carbocycles. The van der Waals surface area contributed by atoms with Crippen LogP contribution in [0.5, 0.6) is 0 Å². The number of amides is 1. The Hall–Kier alpha value is -3.13. The Morgan fingerprint density at radius 3 is 2.52 bits per heavy atom. The van der Waals surface area contributed by atoms with Crippen molar-refractivity contribution in [1.29, 1.82) is 0 Å². The first-order chi connectivity index (χ1) is 12.8. The molecule has 0 saturated heterocycles. The first kappa shape index (κ1) is 18.7. The van der Waals surface area contributed by atoms with E-state index < -0.39 is 21.7 Å². The molecule has 0 bridgehead atoms. The van der Waals surface area contributed by atoms with Crippen LogP contribution in [0.25, 0.3) is 0 Å². The van der Waals surface area contributed by atoms with Crippen molar-refractivity contribution in [3.63, 3.8) is 0 Å². The minimum atomic E-state index is -3.94. The third-order valence-electron chi connectivity index (χ3n) is 3.84. The molecule has 1 amide bonds. The van der Waals surface area contributed by atoms with Gasteiger partial charge in [0, 0.05) is 11.3 Å². The molecule has 1 heterocycles. The number of aryl methyl sites for hydroxylation is 1. The predicted molar refractivity (Wildman–Crippen MR) is 98.3 cm³/mol. The summed E-state index contributed by atoms with van der Waals surface area (Å²) in [6.07, 6.45) is 1.50. The van der Waals surface area contributed by atoms with Crippen molar-refractivity contribution in [3.05, 3.63) is 83.6 Å². The van der Waals surface area contributed by atoms with Crippen LogP contribution in [-0.4, -0.2) is 14.3 Å². The fourth-order valence-corrected chi connectivity index (χ4v) is 3.77. The maximum atomic E-state index is 13.0. The van der Waals surface area contributed by atoms with Gasteiger partial charge in [-0.15, -0.1) is 0 Å². The largest absolute Gasteiger partial charge is 0.467 e. The average Bonchev–Trinajstić information content (AvgIpc) is 3.15. The summed E-state index contributed by atoms with van der Waals surface area (Å²) in [6, 6.07) is 12.8. The number of hydrogen-bond donors (Lipinski definition) is 2. The molecule has 0 aliphatic rings. The van der Waals surface area contributed by atoms with Crippen LogP contribution in [0.4, 0.5) is 10.1 Å². The Morgan fingerprint density at radius 1 is 1.11 bits per heavy atom. The van der Waals surface area contributed by atoms with Crippen LogP contribution in [0.2, 0.25) is 0 Å². The highest BCUT2D eigenvalue weighted by Crippen LogP contribution is 2.21. The molecule has 3 aromatic rings. The number of hydrogen-bond acceptors (Lipinski definition) is 4. The first-order valence-corrected chi connectivity index (χ1v) is 9.53. The fourth-order valence-electron chi connectivity index (χ4n) is 2.44. The molecule has 6 nitrogen and oxygen atoms in total. The van der Waals surface area contributed by atoms with Gasteiger partial charge in [0.15, 0.2) is 0 Å². The molecular weight excluding hydrogens is 371 g/mol. The van der Waals surface area contributed by atoms with E-state index in [1.54, 1.807) is 31.2 Å². The van der Waals surface area contributed by atoms with E-state index in [4.69, 9.17) is 4.42 Å². The SMILES string of the molecule is Cc1ccc(C(=O)NCc2ccco2)cc1S(=O)(=O)Nc1ccc(F)cc1. The molecule has 3 rings (SSSR count). The lowest BCUT2D eigenvalue weighted by atomic mass is 10.1. The predicted octanol–water partition coefficient (Wildman–Crippen LogP) is 3.46. The van der Waals surface area contributed by atoms with Gasteiger partial charge in [0.1, 0.15) is 11.6 Å². The van der Waals surface area contributed by atoms with Crippen LogP contribution in [0.15, 0.2) is 70.2 Å². The summed E-state index contributed by atoms with van der Waals surface area (Å²) in [5.74, 6) is -0.310. The maximum absolute atomic E-state index is 13.0. The zero-order chi connectivity index (χ0) is 19.4. The van der Waals surface area contributed by atoms with Gasteiger partial charge in [-0.1, -0.05) is 6.07 Å². The lowest BCUT2D eigenvalue weighted by Gasteiger charge is -2.12. The van der Waals surface area contributed by atoms with Gasteiger partial charge in [-0.05, 0) is 61.0 Å². The molecule has 0 atom stereocenters. The number of halogens is 1. The topological polar surface area (TPSA) is 88.4 Å². The van der Waals surface area contributed by atoms with Crippen molar-refractivity contribution in [1.82, 2.24) is 5.32 Å². The number of sulfonamides is 1. The molecule has 140 valence electrons. The van der Waals surface area contributed by atoms with Crippen molar-refractivity contribution in [2.45, 2.75) is 18.4 Å². The smallest absolute Gasteiger partial charge is 0.262 e. The minimum Gasteiger partial charge on any atom is -0.467 e. The van der Waals surface area contributed by atoms with E-state index >= 15 is 0 Å². The molecule has 1 aromatic heterocycles. The molecular formula is C19H17FN2O4S. The third-order valence-corrected chi connectivity index (χ3v) is 5.36. The normalized spacial score (nSPS) is 11.2. The van der Waals surface area contributed by atoms with Gasteiger partial charge in [0.05, 0.1) is 17.7 Å². The molecule has 2 N–H and O–H groups in total. The van der Waals surface area contributed by atoms with E-state index in [2.05, 4.69) is 10.0 Å². The second-order valence-corrected chi connectivity index (χ2v) is 7.51. The van der Waals surface area contributed by atoms with E-state index in [1.807, 2.05) is 0 Å². The van der Waals surface area contributed by atoms with Crippen LogP contribution in [0.3, 0.4) is 0 Å². The summed E-state index contributed by atoms with van der Waals surface area (Å²) < 4.78 is 45.9. The van der Waals surface area contributed by atoms with Crippen LogP contribution in [0, 0.1) is 12.7 Å². The zero-order valence-corrected chi connectivity index (χ0v) is 15.2. The first-order valence-electron chi connectivity index (χ1n) is 8.05. The van der Waals surface area contributed by atoms with Gasteiger partial charge in [-0.2, -0.15) is 0 Å². The van der Waals surface area contributed by atoms with E-state index in [-0.39, 0.29) is 22.7 Å². The van der Waals surface area contributed by atoms with Gasteiger partial charge in [-0.25, -0.2) is 12.8 Å². The van der Waals surface area contributed by atoms with Crippen molar-refractivity contribution in [2.75, 3.05) is 4.72 Å². The highest BCUT2D eigenvalue weighted by Gasteiger charge is 2.19. The molecule has 0 fully saturated rings. The third kappa shape index (κ3) is 4.53. The molecule has 27 heavy (non-hydrogen) atoms. The fraction of sp³-hybridized carbons (Fsp3) is 0.105. The molecule has 0 unspecified atom stereocenters. The standard InChI is InChI=1S/C19H17FN2O4S/c1-13-4-5-14(19(23)21-12-17-3-2-10-26-17)11-18(13)27(24,25)22-16-8-6-15(20)7-9-16/h2-11,22H,12H2,1H3,(H,21,23). The van der Waals surface area contributed by atoms with E-state index in [0.29, 0.717) is 11.3 Å². The Morgan fingerprint density at radius 2 is 1.85 bits per heavy atom. The van der Waals surface area contributed by atoms with Crippen molar-refractivity contribution in [2.24, 2.45) is 0 Å². The highest BCUT2D eigenvalue weighted by molar-refractivity contribution is 7.92. The van der Waals surface area contributed by atoms with Crippen LogP contribution < -0.4 is 10.0 Å². The Balaban J connectivity index is 1.81. The van der Waals surface area contributed by atoms with Crippen molar-refractivity contribution in [3.8, 4) is 0 Å². The highest BCUT2D eigenvalue weighted by atomic mass is 32.2. The van der Waals surface area contributed by atoms with Crippen LogP contribution in [-0.2, 0) is 16.6 Å². The van der Waals surface area contributed by atoms with E-state index in [9.17, 15) is 17.6 Å². The van der Waals surface area contributed by atoms with Gasteiger partial charge in [0.2, 0.25) is 0 Å². The summed E-state index contributed by atoms with van der Waals surface area (Å²) in [7, 11) is -3.94. The van der Waals surface area contributed by atoms with Gasteiger partial charge < -0.3 is 9.73 Å². The summed E-state index contributed by atoms with van der Waals surface area (Å²) >= 11 is 0. The lowest BCUT2D eigenvalue weighted by molar-refractivity contribution is 0.0948. The summed E-state index contributed by atoms with van der Waals surface area (Å²) in [4.78, 5) is 12.3. The Labute approximate surface area is 156 Å². The number of carbonyl (C=O) groups is 1. The van der Waals surface area contributed by atoms with E-state index in [1.165, 1.54) is 24.5 Å². The molecule has 0 spiro atoms. The molecule has 8 heteroatoms. The monoisotopic (exact) mass is 388 g/mol. The minimum absolute atomic E-state index is 0.0301. The van der Waals surface area contributed by atoms with Crippen molar-refractivity contribution < 1.29 is 22.0 Å². The average molecular weight is 388 g/mol. The van der Waals surface area contributed by atoms with Crippen LogP contribution in [0.1, 0.15) is 21.7 Å². The Bertz CT molecular complexity index is 1050. The number of nitrogens with one attached hydrogen (secondary N) is 2. The molecule has 2 aromatic carbocycles. The lowest BCUT2D eigenvalue weighted by Crippen LogP contribution is -2.23. The quantitative estimate of drug-likeness (QED) is 0.677. The van der Waals surface area contributed by atoms with Crippen molar-refractivity contribution >= 4 is 21.6 Å². The molecule has 0 aliphatic heterocycles. The van der Waals surface area contributed by atoms with Gasteiger partial charge in [-0.3, -0.25) is 9.52 Å². The maximum Gasteiger partial charge on any atom is 0.262 e. The Kier molecular flexibility index (Phi) is 5.27. The second-order valence-electron chi connectivity index (χ2n) is 5.85. The summed E-state index contributed by atoms with van der Waals surface area (Å²) in [6.45, 7) is 1.82. The van der Waals surface area contributed by atoms with Gasteiger partial charge >= 0.3 is 0 Å². The number of carbonyl (C=O) groups excluding carboxylic acids is 1. The van der Waals surface area contributed by atoms with E-state index in [0.717, 1.165) is 12.1 Å². The number of rotatable bonds is 6. The summed E-state index contributed by atoms with van der Waals surface area (Å²) in [5, 5.41) is 2.67. The van der Waals surface area contributed by atoms with Gasteiger partial charge in [0.25, 0.3) is 15.9 Å². The van der Waals surface area contributed by atoms with Crippen LogP contribution >= 0.6 is 0 Å². The number of furan rings is 1. The second kappa shape index (κ2) is 7.63.